The lowest BCUT2D eigenvalue weighted by atomic mass is 9.89. The topological polar surface area (TPSA) is 82.8 Å². The van der Waals surface area contributed by atoms with Crippen LogP contribution in [0, 0.1) is 17.2 Å². The minimum absolute atomic E-state index is 0.00646. The number of nitriles is 1. The van der Waals surface area contributed by atoms with Gasteiger partial charge in [-0.3, -0.25) is 4.79 Å². The van der Waals surface area contributed by atoms with Gasteiger partial charge >= 0.3 is 0 Å². The molecule has 36 heavy (non-hydrogen) atoms. The molecule has 2 aromatic carbocycles. The van der Waals surface area contributed by atoms with E-state index in [4.69, 9.17) is 14.6 Å². The highest BCUT2D eigenvalue weighted by Gasteiger charge is 2.25. The second-order valence-electron chi connectivity index (χ2n) is 9.70. The smallest absolute Gasteiger partial charge is 0.173 e. The largest absolute Gasteiger partial charge is 0.394 e. The van der Waals surface area contributed by atoms with E-state index in [1.54, 1.807) is 6.08 Å². The highest BCUT2D eigenvalue weighted by atomic mass is 16.5. The summed E-state index contributed by atoms with van der Waals surface area (Å²) >= 11 is 0. The molecular formula is C30H40N2O4. The van der Waals surface area contributed by atoms with E-state index in [0.717, 1.165) is 23.4 Å². The van der Waals surface area contributed by atoms with E-state index in [-0.39, 0.29) is 24.4 Å². The minimum Gasteiger partial charge on any atom is -0.394 e. The Morgan fingerprint density at radius 3 is 2.64 bits per heavy atom. The fourth-order valence-corrected chi connectivity index (χ4v) is 4.92. The molecule has 194 valence electrons. The number of ether oxygens (including phenoxy) is 2. The van der Waals surface area contributed by atoms with Crippen molar-refractivity contribution in [3.05, 3.63) is 47.5 Å². The fourth-order valence-electron chi connectivity index (χ4n) is 4.92. The van der Waals surface area contributed by atoms with Crippen LogP contribution >= 0.6 is 0 Å². The van der Waals surface area contributed by atoms with Gasteiger partial charge in [0.2, 0.25) is 0 Å². The highest BCUT2D eigenvalue weighted by Crippen LogP contribution is 2.32. The third-order valence-electron chi connectivity index (χ3n) is 6.81. The molecule has 0 saturated carbocycles. The molecule has 6 nitrogen and oxygen atoms in total. The van der Waals surface area contributed by atoms with Crippen molar-refractivity contribution in [1.29, 1.82) is 5.26 Å². The number of ketones is 1. The van der Waals surface area contributed by atoms with Gasteiger partial charge in [0.05, 0.1) is 32.0 Å². The Morgan fingerprint density at radius 2 is 1.89 bits per heavy atom. The van der Waals surface area contributed by atoms with Gasteiger partial charge in [0.25, 0.3) is 0 Å². The number of piperidine rings is 1. The second kappa shape index (κ2) is 14.7. The van der Waals surface area contributed by atoms with Crippen LogP contribution < -0.4 is 4.90 Å². The molecule has 1 saturated heterocycles. The SMILES string of the molecule is CCCC1CC(C)CCN1c1ccc2cc(/C=C(\C#N)C(=O)CCCOCCOCCO)ccc2c1. The number of aliphatic hydroxyl groups excluding tert-OH is 1. The van der Waals surface area contributed by atoms with E-state index in [2.05, 4.69) is 49.1 Å². The number of rotatable bonds is 14. The van der Waals surface area contributed by atoms with Crippen LogP contribution in [0.3, 0.4) is 0 Å². The van der Waals surface area contributed by atoms with Gasteiger partial charge in [0.1, 0.15) is 6.07 Å². The normalized spacial score (nSPS) is 18.4. The molecular weight excluding hydrogens is 452 g/mol. The zero-order chi connectivity index (χ0) is 25.8. The standard InChI is InChI=1S/C30H40N2O4/c1-3-5-28-18-23(2)11-12-32(28)29-10-9-25-19-24(7-8-26(25)21-29)20-27(22-31)30(34)6-4-14-35-16-17-36-15-13-33/h7-10,19-21,23,28,33H,3-6,11-18H2,1-2H3/b27-20+. The Bertz CT molecular complexity index is 1060. The van der Waals surface area contributed by atoms with Gasteiger partial charge in [-0.1, -0.05) is 38.5 Å². The maximum absolute atomic E-state index is 12.5. The zero-order valence-electron chi connectivity index (χ0n) is 21.7. The third kappa shape index (κ3) is 8.16. The van der Waals surface area contributed by atoms with E-state index in [1.807, 2.05) is 12.1 Å². The van der Waals surface area contributed by atoms with E-state index in [0.29, 0.717) is 38.9 Å². The summed E-state index contributed by atoms with van der Waals surface area (Å²) in [7, 11) is 0. The number of carbonyl (C=O) groups excluding carboxylic acids is 1. The van der Waals surface area contributed by atoms with Crippen molar-refractivity contribution >= 4 is 28.3 Å². The van der Waals surface area contributed by atoms with Gasteiger partial charge in [-0.05, 0) is 72.2 Å². The quantitative estimate of drug-likeness (QED) is 0.212. The summed E-state index contributed by atoms with van der Waals surface area (Å²) in [6.07, 6.45) is 7.41. The summed E-state index contributed by atoms with van der Waals surface area (Å²) < 4.78 is 10.5. The number of nitrogens with zero attached hydrogens (tertiary/aromatic N) is 2. The van der Waals surface area contributed by atoms with Crippen molar-refractivity contribution in [3.63, 3.8) is 0 Å². The molecule has 0 bridgehead atoms. The Hall–Kier alpha value is -2.72. The van der Waals surface area contributed by atoms with Crippen LogP contribution in [0.4, 0.5) is 5.69 Å². The number of benzene rings is 2. The molecule has 3 rings (SSSR count). The molecule has 1 heterocycles. The maximum Gasteiger partial charge on any atom is 0.173 e. The number of fused-ring (bicyclic) bond motifs is 1. The summed E-state index contributed by atoms with van der Waals surface area (Å²) in [5, 5.41) is 20.5. The first-order valence-electron chi connectivity index (χ1n) is 13.3. The molecule has 1 aliphatic heterocycles. The zero-order valence-corrected chi connectivity index (χ0v) is 21.7. The summed E-state index contributed by atoms with van der Waals surface area (Å²) in [4.78, 5) is 15.1. The molecule has 6 heteroatoms. The number of hydrogen-bond donors (Lipinski definition) is 1. The molecule has 1 fully saturated rings. The van der Waals surface area contributed by atoms with Crippen molar-refractivity contribution in [2.75, 3.05) is 44.5 Å². The molecule has 0 radical (unpaired) electrons. The molecule has 0 aliphatic carbocycles. The number of allylic oxidation sites excluding steroid dienone is 1. The van der Waals surface area contributed by atoms with Crippen LogP contribution in [0.1, 0.15) is 57.9 Å². The van der Waals surface area contributed by atoms with Crippen LogP contribution in [-0.4, -0.2) is 56.5 Å². The van der Waals surface area contributed by atoms with Crippen molar-refractivity contribution in [3.8, 4) is 6.07 Å². The van der Waals surface area contributed by atoms with Crippen LogP contribution in [0.25, 0.3) is 16.8 Å². The first-order valence-corrected chi connectivity index (χ1v) is 13.3. The number of aliphatic hydroxyl groups is 1. The molecule has 2 atom stereocenters. The van der Waals surface area contributed by atoms with E-state index in [1.165, 1.54) is 36.8 Å². The molecule has 2 unspecified atom stereocenters. The number of hydrogen-bond acceptors (Lipinski definition) is 6. The number of carbonyl (C=O) groups is 1. The summed E-state index contributed by atoms with van der Waals surface area (Å²) in [5.74, 6) is 0.614. The van der Waals surface area contributed by atoms with Gasteiger partial charge in [-0.25, -0.2) is 0 Å². The average molecular weight is 493 g/mol. The lowest BCUT2D eigenvalue weighted by Gasteiger charge is -2.40. The van der Waals surface area contributed by atoms with Gasteiger partial charge in [0.15, 0.2) is 5.78 Å². The Labute approximate surface area is 215 Å². The van der Waals surface area contributed by atoms with Gasteiger partial charge < -0.3 is 19.5 Å². The van der Waals surface area contributed by atoms with Crippen molar-refractivity contribution in [1.82, 2.24) is 0 Å². The summed E-state index contributed by atoms with van der Waals surface area (Å²) in [5.41, 5.74) is 2.31. The summed E-state index contributed by atoms with van der Waals surface area (Å²) in [6.45, 7) is 7.29. The Balaban J connectivity index is 1.61. The van der Waals surface area contributed by atoms with Crippen molar-refractivity contribution < 1.29 is 19.4 Å². The van der Waals surface area contributed by atoms with E-state index in [9.17, 15) is 10.1 Å². The maximum atomic E-state index is 12.5. The highest BCUT2D eigenvalue weighted by molar-refractivity contribution is 6.03. The lowest BCUT2D eigenvalue weighted by Crippen LogP contribution is -2.42. The summed E-state index contributed by atoms with van der Waals surface area (Å²) in [6, 6.07) is 15.4. The predicted molar refractivity (Wildman–Crippen MR) is 145 cm³/mol. The molecule has 0 spiro atoms. The molecule has 1 N–H and O–H groups in total. The minimum atomic E-state index is -0.172. The average Bonchev–Trinajstić information content (AvgIpc) is 2.88. The molecule has 2 aromatic rings. The number of anilines is 1. The third-order valence-corrected chi connectivity index (χ3v) is 6.81. The van der Waals surface area contributed by atoms with E-state index >= 15 is 0 Å². The molecule has 0 amide bonds. The fraction of sp³-hybridized carbons (Fsp3) is 0.533. The van der Waals surface area contributed by atoms with Gasteiger partial charge in [-0.2, -0.15) is 5.26 Å². The number of Topliss-reactive ketones (excluding diaryl/α,β-unsaturated/α-hetero) is 1. The Morgan fingerprint density at radius 1 is 1.14 bits per heavy atom. The van der Waals surface area contributed by atoms with Crippen molar-refractivity contribution in [2.45, 2.75) is 58.4 Å². The monoisotopic (exact) mass is 492 g/mol. The molecule has 0 aromatic heterocycles. The first-order chi connectivity index (χ1) is 17.5. The van der Waals surface area contributed by atoms with Crippen LogP contribution in [0.15, 0.2) is 42.0 Å². The molecule has 1 aliphatic rings. The van der Waals surface area contributed by atoms with Gasteiger partial charge in [0, 0.05) is 31.3 Å². The van der Waals surface area contributed by atoms with Gasteiger partial charge in [-0.15, -0.1) is 0 Å². The Kier molecular flexibility index (Phi) is 11.4. The lowest BCUT2D eigenvalue weighted by molar-refractivity contribution is -0.115. The van der Waals surface area contributed by atoms with Crippen LogP contribution in [0.2, 0.25) is 0 Å². The van der Waals surface area contributed by atoms with Crippen LogP contribution in [0.5, 0.6) is 0 Å². The van der Waals surface area contributed by atoms with Crippen LogP contribution in [-0.2, 0) is 14.3 Å². The predicted octanol–water partition coefficient (Wildman–Crippen LogP) is 5.53. The van der Waals surface area contributed by atoms with E-state index < -0.39 is 0 Å². The van der Waals surface area contributed by atoms with Crippen molar-refractivity contribution in [2.24, 2.45) is 5.92 Å². The first kappa shape index (κ1) is 27.9. The second-order valence-corrected chi connectivity index (χ2v) is 9.70.